The van der Waals surface area contributed by atoms with Gasteiger partial charge in [-0.1, -0.05) is 49.9 Å². The van der Waals surface area contributed by atoms with E-state index in [1.807, 2.05) is 18.2 Å². The Morgan fingerprint density at radius 3 is 2.24 bits per heavy atom. The highest BCUT2D eigenvalue weighted by Gasteiger charge is 2.49. The van der Waals surface area contributed by atoms with Gasteiger partial charge in [-0.25, -0.2) is 4.79 Å². The van der Waals surface area contributed by atoms with E-state index in [1.54, 1.807) is 0 Å². The molecule has 0 amide bonds. The first-order chi connectivity index (χ1) is 14.0. The Kier molecular flexibility index (Phi) is 6.31. The molecule has 3 aliphatic rings. The normalized spacial score (nSPS) is 25.9. The van der Waals surface area contributed by atoms with Crippen LogP contribution in [-0.2, 0) is 10.4 Å². The number of hydrogen-bond acceptors (Lipinski definition) is 3. The fourth-order valence-corrected chi connectivity index (χ4v) is 6.07. The molecule has 1 aromatic carbocycles. The second-order valence-corrected chi connectivity index (χ2v) is 9.74. The fraction of sp³-hybridized carbons (Fsp3) is 0.720. The summed E-state index contributed by atoms with van der Waals surface area (Å²) < 4.78 is 0. The van der Waals surface area contributed by atoms with Crippen LogP contribution in [0.25, 0.3) is 0 Å². The molecule has 1 heterocycles. The van der Waals surface area contributed by atoms with E-state index in [4.69, 9.17) is 0 Å². The molecule has 2 N–H and O–H groups in total. The summed E-state index contributed by atoms with van der Waals surface area (Å²) in [4.78, 5) is 14.8. The SMILES string of the molecule is CC(C1CCCCC1)N1CCC(c2ccccc2C(O)(C(=O)O)C2CCC2)CC1. The van der Waals surface area contributed by atoms with E-state index in [9.17, 15) is 15.0 Å². The van der Waals surface area contributed by atoms with Crippen LogP contribution >= 0.6 is 0 Å². The number of benzene rings is 1. The molecule has 4 nitrogen and oxygen atoms in total. The van der Waals surface area contributed by atoms with Gasteiger partial charge in [0.05, 0.1) is 0 Å². The zero-order chi connectivity index (χ0) is 20.4. The van der Waals surface area contributed by atoms with Gasteiger partial charge in [0.1, 0.15) is 0 Å². The quantitative estimate of drug-likeness (QED) is 0.714. The van der Waals surface area contributed by atoms with Crippen molar-refractivity contribution < 1.29 is 15.0 Å². The van der Waals surface area contributed by atoms with E-state index in [2.05, 4.69) is 17.9 Å². The van der Waals surface area contributed by atoms with Gasteiger partial charge in [-0.2, -0.15) is 0 Å². The average Bonchev–Trinajstić information content (AvgIpc) is 2.72. The smallest absolute Gasteiger partial charge is 0.340 e. The first-order valence-corrected chi connectivity index (χ1v) is 11.8. The second-order valence-electron chi connectivity index (χ2n) is 9.74. The summed E-state index contributed by atoms with van der Waals surface area (Å²) in [5.41, 5.74) is -0.0216. The van der Waals surface area contributed by atoms with Crippen LogP contribution in [0.15, 0.2) is 24.3 Å². The molecule has 1 aliphatic heterocycles. The van der Waals surface area contributed by atoms with E-state index in [1.165, 1.54) is 32.1 Å². The van der Waals surface area contributed by atoms with E-state index < -0.39 is 11.6 Å². The highest BCUT2D eigenvalue weighted by atomic mass is 16.4. The Balaban J connectivity index is 1.48. The zero-order valence-electron chi connectivity index (χ0n) is 17.9. The summed E-state index contributed by atoms with van der Waals surface area (Å²) in [6, 6.07) is 8.45. The van der Waals surface area contributed by atoms with Crippen molar-refractivity contribution in [1.82, 2.24) is 4.90 Å². The van der Waals surface area contributed by atoms with Crippen molar-refractivity contribution in [3.05, 3.63) is 35.4 Å². The molecule has 29 heavy (non-hydrogen) atoms. The lowest BCUT2D eigenvalue weighted by atomic mass is 9.67. The van der Waals surface area contributed by atoms with Gasteiger partial charge >= 0.3 is 5.97 Å². The molecule has 4 heteroatoms. The summed E-state index contributed by atoms with van der Waals surface area (Å²) in [5.74, 6) is -0.0687. The minimum atomic E-state index is -1.73. The Bertz CT molecular complexity index is 702. The predicted octanol–water partition coefficient (Wildman–Crippen LogP) is 4.91. The minimum absolute atomic E-state index is 0.160. The van der Waals surface area contributed by atoms with Crippen LogP contribution in [0.5, 0.6) is 0 Å². The lowest BCUT2D eigenvalue weighted by Gasteiger charge is -2.43. The molecule has 2 unspecified atom stereocenters. The fourth-order valence-electron chi connectivity index (χ4n) is 6.07. The number of likely N-dealkylation sites (tertiary alicyclic amines) is 1. The summed E-state index contributed by atoms with van der Waals surface area (Å²) in [7, 11) is 0. The molecule has 2 atom stereocenters. The van der Waals surface area contributed by atoms with Crippen LogP contribution in [0, 0.1) is 11.8 Å². The highest BCUT2D eigenvalue weighted by molar-refractivity contribution is 5.80. The van der Waals surface area contributed by atoms with Gasteiger partial charge in [-0.3, -0.25) is 0 Å². The third-order valence-electron chi connectivity index (χ3n) is 8.27. The summed E-state index contributed by atoms with van der Waals surface area (Å²) in [6.45, 7) is 4.56. The average molecular weight is 400 g/mol. The molecule has 0 aromatic heterocycles. The molecule has 0 bridgehead atoms. The molecule has 2 saturated carbocycles. The van der Waals surface area contributed by atoms with Crippen molar-refractivity contribution in [3.63, 3.8) is 0 Å². The number of piperidine rings is 1. The monoisotopic (exact) mass is 399 g/mol. The Labute approximate surface area is 175 Å². The van der Waals surface area contributed by atoms with Gasteiger partial charge in [-0.05, 0) is 81.5 Å². The van der Waals surface area contributed by atoms with Crippen LogP contribution in [-0.4, -0.2) is 40.2 Å². The molecule has 2 aliphatic carbocycles. The summed E-state index contributed by atoms with van der Waals surface area (Å²) in [5, 5.41) is 21.2. The van der Waals surface area contributed by atoms with Crippen LogP contribution in [0.2, 0.25) is 0 Å². The maximum atomic E-state index is 12.1. The minimum Gasteiger partial charge on any atom is -0.479 e. The standard InChI is InChI=1S/C25H37NO3/c1-18(19-8-3-2-4-9-19)26-16-14-20(15-17-26)22-12-5-6-13-23(22)25(29,24(27)28)21-10-7-11-21/h5-6,12-13,18-21,29H,2-4,7-11,14-17H2,1H3,(H,27,28). The molecular weight excluding hydrogens is 362 g/mol. The maximum Gasteiger partial charge on any atom is 0.340 e. The molecule has 160 valence electrons. The number of carbonyl (C=O) groups is 1. The van der Waals surface area contributed by atoms with Gasteiger partial charge < -0.3 is 15.1 Å². The number of aliphatic carboxylic acids is 1. The van der Waals surface area contributed by atoms with Gasteiger partial charge in [-0.15, -0.1) is 0 Å². The van der Waals surface area contributed by atoms with Crippen LogP contribution < -0.4 is 0 Å². The van der Waals surface area contributed by atoms with Gasteiger partial charge in [0.2, 0.25) is 0 Å². The van der Waals surface area contributed by atoms with Crippen molar-refractivity contribution in [2.75, 3.05) is 13.1 Å². The molecule has 0 radical (unpaired) electrons. The van der Waals surface area contributed by atoms with Crippen LogP contribution in [0.3, 0.4) is 0 Å². The van der Waals surface area contributed by atoms with Crippen LogP contribution in [0.4, 0.5) is 0 Å². The number of aliphatic hydroxyl groups is 1. The molecule has 3 fully saturated rings. The predicted molar refractivity (Wildman–Crippen MR) is 115 cm³/mol. The Morgan fingerprint density at radius 2 is 1.66 bits per heavy atom. The van der Waals surface area contributed by atoms with Gasteiger partial charge in [0.25, 0.3) is 0 Å². The molecular formula is C25H37NO3. The number of rotatable bonds is 6. The van der Waals surface area contributed by atoms with E-state index in [0.717, 1.165) is 56.7 Å². The topological polar surface area (TPSA) is 60.8 Å². The molecule has 0 spiro atoms. The van der Waals surface area contributed by atoms with Crippen molar-refractivity contribution in [2.45, 2.75) is 88.7 Å². The Hall–Kier alpha value is -1.39. The summed E-state index contributed by atoms with van der Waals surface area (Å²) >= 11 is 0. The number of carboxylic acid groups (broad SMARTS) is 1. The van der Waals surface area contributed by atoms with Gasteiger partial charge in [0, 0.05) is 12.0 Å². The van der Waals surface area contributed by atoms with Crippen molar-refractivity contribution in [3.8, 4) is 0 Å². The lowest BCUT2D eigenvalue weighted by molar-refractivity contribution is -0.171. The zero-order valence-corrected chi connectivity index (χ0v) is 17.9. The third kappa shape index (κ3) is 3.98. The first kappa shape index (κ1) is 20.9. The van der Waals surface area contributed by atoms with E-state index in [0.29, 0.717) is 17.5 Å². The Morgan fingerprint density at radius 1 is 1.00 bits per heavy atom. The first-order valence-electron chi connectivity index (χ1n) is 11.8. The lowest BCUT2D eigenvalue weighted by Crippen LogP contribution is -2.47. The molecule has 1 saturated heterocycles. The van der Waals surface area contributed by atoms with Crippen LogP contribution in [0.1, 0.15) is 88.2 Å². The molecule has 4 rings (SSSR count). The van der Waals surface area contributed by atoms with Gasteiger partial charge in [0.15, 0.2) is 5.60 Å². The largest absolute Gasteiger partial charge is 0.479 e. The van der Waals surface area contributed by atoms with E-state index in [-0.39, 0.29) is 5.92 Å². The number of nitrogens with zero attached hydrogens (tertiary/aromatic N) is 1. The van der Waals surface area contributed by atoms with Crippen molar-refractivity contribution >= 4 is 5.97 Å². The van der Waals surface area contributed by atoms with E-state index >= 15 is 0 Å². The molecule has 1 aromatic rings. The van der Waals surface area contributed by atoms with Crippen molar-refractivity contribution in [2.24, 2.45) is 11.8 Å². The maximum absolute atomic E-state index is 12.1. The number of carboxylic acids is 1. The highest BCUT2D eigenvalue weighted by Crippen LogP contribution is 2.46. The van der Waals surface area contributed by atoms with Crippen molar-refractivity contribution in [1.29, 1.82) is 0 Å². The number of hydrogen-bond donors (Lipinski definition) is 2. The second kappa shape index (κ2) is 8.77. The third-order valence-corrected chi connectivity index (χ3v) is 8.27. The summed E-state index contributed by atoms with van der Waals surface area (Å²) in [6.07, 6.45) is 11.6.